The van der Waals surface area contributed by atoms with Gasteiger partial charge in [-0.25, -0.2) is 0 Å². The molecule has 0 fully saturated rings. The van der Waals surface area contributed by atoms with E-state index in [1.807, 2.05) is 12.1 Å². The summed E-state index contributed by atoms with van der Waals surface area (Å²) in [6, 6.07) is 8.63. The fraction of sp³-hybridized carbons (Fsp3) is 0.588. The zero-order valence-electron chi connectivity index (χ0n) is 13.8. The van der Waals surface area contributed by atoms with Gasteiger partial charge < -0.3 is 15.4 Å². The number of hydrogen-bond donors (Lipinski definition) is 2. The van der Waals surface area contributed by atoms with Crippen molar-refractivity contribution in [3.8, 4) is 5.75 Å². The number of ether oxygens (including phenoxy) is 1. The van der Waals surface area contributed by atoms with Crippen LogP contribution in [0.5, 0.6) is 5.75 Å². The Bertz CT molecular complexity index is 432. The number of rotatable bonds is 8. The average Bonchev–Trinajstić information content (AvgIpc) is 2.51. The molecule has 4 nitrogen and oxygen atoms in total. The molecular formula is C17H29N3O. The van der Waals surface area contributed by atoms with Crippen LogP contribution in [0.25, 0.3) is 0 Å². The molecule has 2 N–H and O–H groups in total. The van der Waals surface area contributed by atoms with E-state index in [9.17, 15) is 0 Å². The number of aliphatic imine (C=N–C) groups is 1. The fourth-order valence-electron chi connectivity index (χ4n) is 1.80. The highest BCUT2D eigenvalue weighted by Gasteiger charge is 2.03. The van der Waals surface area contributed by atoms with E-state index in [0.29, 0.717) is 6.04 Å². The third kappa shape index (κ3) is 7.02. The summed E-state index contributed by atoms with van der Waals surface area (Å²) in [4.78, 5) is 4.24. The summed E-state index contributed by atoms with van der Waals surface area (Å²) in [6.45, 7) is 7.99. The molecule has 1 aromatic rings. The molecule has 0 aliphatic heterocycles. The van der Waals surface area contributed by atoms with Crippen LogP contribution in [0.1, 0.15) is 45.6 Å². The van der Waals surface area contributed by atoms with Crippen LogP contribution < -0.4 is 15.4 Å². The molecule has 0 radical (unpaired) electrons. The van der Waals surface area contributed by atoms with Crippen molar-refractivity contribution >= 4 is 5.96 Å². The van der Waals surface area contributed by atoms with E-state index >= 15 is 0 Å². The lowest BCUT2D eigenvalue weighted by Gasteiger charge is -2.16. The number of guanidine groups is 1. The van der Waals surface area contributed by atoms with Gasteiger partial charge in [0.25, 0.3) is 0 Å². The quantitative estimate of drug-likeness (QED) is 0.439. The van der Waals surface area contributed by atoms with Gasteiger partial charge in [-0.2, -0.15) is 0 Å². The number of hydrogen-bond acceptors (Lipinski definition) is 2. The fourth-order valence-corrected chi connectivity index (χ4v) is 1.80. The van der Waals surface area contributed by atoms with Crippen molar-refractivity contribution in [2.75, 3.05) is 13.7 Å². The summed E-state index contributed by atoms with van der Waals surface area (Å²) < 4.78 is 5.73. The molecule has 0 aliphatic rings. The first kappa shape index (κ1) is 17.3. The van der Waals surface area contributed by atoms with E-state index in [0.717, 1.165) is 44.1 Å². The molecule has 0 amide bonds. The molecule has 1 unspecified atom stereocenters. The number of nitrogens with zero attached hydrogens (tertiary/aromatic N) is 1. The van der Waals surface area contributed by atoms with Crippen LogP contribution in [0, 0.1) is 0 Å². The average molecular weight is 291 g/mol. The molecule has 118 valence electrons. The maximum Gasteiger partial charge on any atom is 0.191 e. The van der Waals surface area contributed by atoms with Crippen LogP contribution in [0.15, 0.2) is 29.3 Å². The van der Waals surface area contributed by atoms with Gasteiger partial charge in [-0.15, -0.1) is 0 Å². The zero-order chi connectivity index (χ0) is 15.5. The smallest absolute Gasteiger partial charge is 0.191 e. The van der Waals surface area contributed by atoms with Crippen molar-refractivity contribution in [2.45, 2.75) is 52.6 Å². The van der Waals surface area contributed by atoms with Crippen LogP contribution >= 0.6 is 0 Å². The van der Waals surface area contributed by atoms with Crippen molar-refractivity contribution in [3.05, 3.63) is 29.8 Å². The minimum atomic E-state index is 0.417. The Kier molecular flexibility index (Phi) is 8.32. The van der Waals surface area contributed by atoms with Crippen LogP contribution in [-0.2, 0) is 6.54 Å². The van der Waals surface area contributed by atoms with Gasteiger partial charge in [0.15, 0.2) is 5.96 Å². The highest BCUT2D eigenvalue weighted by Crippen LogP contribution is 2.13. The van der Waals surface area contributed by atoms with Crippen LogP contribution in [0.2, 0.25) is 0 Å². The molecule has 1 atom stereocenters. The first-order valence-corrected chi connectivity index (χ1v) is 7.88. The van der Waals surface area contributed by atoms with Crippen LogP contribution in [-0.4, -0.2) is 25.7 Å². The summed E-state index contributed by atoms with van der Waals surface area (Å²) in [7, 11) is 1.79. The summed E-state index contributed by atoms with van der Waals surface area (Å²) >= 11 is 0. The van der Waals surface area contributed by atoms with Gasteiger partial charge in [0.05, 0.1) is 6.61 Å². The van der Waals surface area contributed by atoms with Gasteiger partial charge in [-0.1, -0.05) is 32.4 Å². The lowest BCUT2D eigenvalue weighted by Crippen LogP contribution is -2.41. The van der Waals surface area contributed by atoms with Crippen molar-refractivity contribution in [2.24, 2.45) is 4.99 Å². The third-order valence-electron chi connectivity index (χ3n) is 3.34. The topological polar surface area (TPSA) is 45.6 Å². The Labute approximate surface area is 129 Å². The SMILES string of the molecule is CCCCOc1cccc(CNC(=NC)NC(C)CC)c1. The Morgan fingerprint density at radius 3 is 2.81 bits per heavy atom. The monoisotopic (exact) mass is 291 g/mol. The molecule has 0 saturated carbocycles. The van der Waals surface area contributed by atoms with E-state index in [2.05, 4.69) is 48.5 Å². The first-order chi connectivity index (χ1) is 10.2. The minimum Gasteiger partial charge on any atom is -0.494 e. The van der Waals surface area contributed by atoms with E-state index < -0.39 is 0 Å². The van der Waals surface area contributed by atoms with Gasteiger partial charge in [0.2, 0.25) is 0 Å². The number of benzene rings is 1. The highest BCUT2D eigenvalue weighted by atomic mass is 16.5. The largest absolute Gasteiger partial charge is 0.494 e. The molecule has 21 heavy (non-hydrogen) atoms. The van der Waals surface area contributed by atoms with Crippen molar-refractivity contribution in [1.82, 2.24) is 10.6 Å². The minimum absolute atomic E-state index is 0.417. The Morgan fingerprint density at radius 1 is 1.33 bits per heavy atom. The molecule has 0 aliphatic carbocycles. The zero-order valence-corrected chi connectivity index (χ0v) is 13.8. The van der Waals surface area contributed by atoms with Crippen LogP contribution in [0.3, 0.4) is 0 Å². The molecule has 0 spiro atoms. The molecule has 0 saturated heterocycles. The van der Waals surface area contributed by atoms with E-state index in [1.54, 1.807) is 7.05 Å². The summed E-state index contributed by atoms with van der Waals surface area (Å²) in [5, 5.41) is 6.68. The van der Waals surface area contributed by atoms with Crippen molar-refractivity contribution < 1.29 is 4.74 Å². The Hall–Kier alpha value is -1.71. The normalized spacial score (nSPS) is 12.9. The molecule has 0 aromatic heterocycles. The molecule has 0 heterocycles. The van der Waals surface area contributed by atoms with Gasteiger partial charge in [0.1, 0.15) is 5.75 Å². The van der Waals surface area contributed by atoms with Gasteiger partial charge in [0, 0.05) is 19.6 Å². The van der Waals surface area contributed by atoms with Gasteiger partial charge in [-0.3, -0.25) is 4.99 Å². The molecule has 1 rings (SSSR count). The van der Waals surface area contributed by atoms with Crippen molar-refractivity contribution in [3.63, 3.8) is 0 Å². The van der Waals surface area contributed by atoms with Crippen molar-refractivity contribution in [1.29, 1.82) is 0 Å². The standard InChI is InChI=1S/C17H29N3O/c1-5-7-11-21-16-10-8-9-15(12-16)13-19-17(18-4)20-14(3)6-2/h8-10,12,14H,5-7,11,13H2,1-4H3,(H2,18,19,20). The maximum atomic E-state index is 5.73. The second-order valence-electron chi connectivity index (χ2n) is 5.23. The van der Waals surface area contributed by atoms with Crippen LogP contribution in [0.4, 0.5) is 0 Å². The highest BCUT2D eigenvalue weighted by molar-refractivity contribution is 5.79. The van der Waals surface area contributed by atoms with E-state index in [-0.39, 0.29) is 0 Å². The predicted octanol–water partition coefficient (Wildman–Crippen LogP) is 3.33. The Balaban J connectivity index is 2.48. The summed E-state index contributed by atoms with van der Waals surface area (Å²) in [5.74, 6) is 1.77. The lowest BCUT2D eigenvalue weighted by atomic mass is 10.2. The van der Waals surface area contributed by atoms with E-state index in [1.165, 1.54) is 5.56 Å². The van der Waals surface area contributed by atoms with Gasteiger partial charge >= 0.3 is 0 Å². The molecular weight excluding hydrogens is 262 g/mol. The van der Waals surface area contributed by atoms with E-state index in [4.69, 9.17) is 4.74 Å². The summed E-state index contributed by atoms with van der Waals surface area (Å²) in [5.41, 5.74) is 1.19. The molecule has 1 aromatic carbocycles. The Morgan fingerprint density at radius 2 is 2.14 bits per heavy atom. The summed E-state index contributed by atoms with van der Waals surface area (Å²) in [6.07, 6.45) is 3.31. The predicted molar refractivity (Wildman–Crippen MR) is 89.9 cm³/mol. The maximum absolute atomic E-state index is 5.73. The second kappa shape index (κ2) is 10.1. The molecule has 4 heteroatoms. The third-order valence-corrected chi connectivity index (χ3v) is 3.34. The first-order valence-electron chi connectivity index (χ1n) is 7.88. The molecule has 0 bridgehead atoms. The number of unbranched alkanes of at least 4 members (excludes halogenated alkanes) is 1. The lowest BCUT2D eigenvalue weighted by molar-refractivity contribution is 0.309. The number of nitrogens with one attached hydrogen (secondary N) is 2. The second-order valence-corrected chi connectivity index (χ2v) is 5.23. The van der Waals surface area contributed by atoms with Gasteiger partial charge in [-0.05, 0) is 37.5 Å².